The third kappa shape index (κ3) is 4.62. The van der Waals surface area contributed by atoms with Gasteiger partial charge in [-0.2, -0.15) is 0 Å². The van der Waals surface area contributed by atoms with E-state index < -0.39 is 0 Å². The van der Waals surface area contributed by atoms with Crippen LogP contribution in [-0.4, -0.2) is 12.8 Å². The van der Waals surface area contributed by atoms with Crippen LogP contribution >= 0.6 is 11.8 Å². The molecular weight excluding hydrogens is 274 g/mol. The van der Waals surface area contributed by atoms with Crippen LogP contribution in [0.1, 0.15) is 36.6 Å². The number of hydrogen-bond acceptors (Lipinski definition) is 2. The van der Waals surface area contributed by atoms with Crippen LogP contribution in [0.5, 0.6) is 0 Å². The van der Waals surface area contributed by atoms with Crippen molar-refractivity contribution in [2.75, 3.05) is 12.8 Å². The van der Waals surface area contributed by atoms with Gasteiger partial charge in [0, 0.05) is 10.9 Å². The van der Waals surface area contributed by atoms with E-state index in [1.807, 2.05) is 0 Å². The van der Waals surface area contributed by atoms with Gasteiger partial charge >= 0.3 is 0 Å². The van der Waals surface area contributed by atoms with Gasteiger partial charge in [-0.15, -0.1) is 11.8 Å². The van der Waals surface area contributed by atoms with E-state index >= 15 is 0 Å². The lowest BCUT2D eigenvalue weighted by Gasteiger charge is -2.19. The number of benzene rings is 2. The predicted octanol–water partition coefficient (Wildman–Crippen LogP) is 4.86. The van der Waals surface area contributed by atoms with Crippen LogP contribution in [0.2, 0.25) is 0 Å². The molecule has 0 aromatic heterocycles. The zero-order chi connectivity index (χ0) is 15.1. The van der Waals surface area contributed by atoms with E-state index in [1.165, 1.54) is 21.6 Å². The SMILES string of the molecule is CCNC(Cc1ccc(CC)cc1)c1ccc(SC)cc1. The number of aryl methyl sites for hydroxylation is 1. The van der Waals surface area contributed by atoms with Crippen LogP contribution in [0.15, 0.2) is 53.4 Å². The molecule has 0 saturated heterocycles. The molecule has 0 aliphatic carbocycles. The van der Waals surface area contributed by atoms with E-state index in [-0.39, 0.29) is 0 Å². The standard InChI is InChI=1S/C19H25NS/c1-4-15-6-8-16(9-7-15)14-19(20-5-2)17-10-12-18(21-3)13-11-17/h6-13,19-20H,4-5,14H2,1-3H3. The summed E-state index contributed by atoms with van der Waals surface area (Å²) in [6, 6.07) is 18.3. The summed E-state index contributed by atoms with van der Waals surface area (Å²) in [6.45, 7) is 5.36. The Morgan fingerprint density at radius 3 is 2.05 bits per heavy atom. The molecule has 0 heterocycles. The van der Waals surface area contributed by atoms with Crippen molar-refractivity contribution in [3.63, 3.8) is 0 Å². The Hall–Kier alpha value is -1.25. The van der Waals surface area contributed by atoms with Gasteiger partial charge in [-0.3, -0.25) is 0 Å². The lowest BCUT2D eigenvalue weighted by molar-refractivity contribution is 0.549. The highest BCUT2D eigenvalue weighted by atomic mass is 32.2. The van der Waals surface area contributed by atoms with E-state index in [1.54, 1.807) is 11.8 Å². The van der Waals surface area contributed by atoms with Crippen molar-refractivity contribution in [1.29, 1.82) is 0 Å². The maximum absolute atomic E-state index is 3.61. The molecular formula is C19H25NS. The number of rotatable bonds is 7. The zero-order valence-corrected chi connectivity index (χ0v) is 14.0. The quantitative estimate of drug-likeness (QED) is 0.732. The number of thioether (sulfide) groups is 1. The first-order valence-corrected chi connectivity index (χ1v) is 8.94. The van der Waals surface area contributed by atoms with E-state index in [2.05, 4.69) is 74.0 Å². The molecule has 0 amide bonds. The molecule has 1 N–H and O–H groups in total. The van der Waals surface area contributed by atoms with E-state index in [0.29, 0.717) is 6.04 Å². The molecule has 2 heteroatoms. The summed E-state index contributed by atoms with van der Waals surface area (Å²) in [7, 11) is 0. The maximum atomic E-state index is 3.61. The van der Waals surface area contributed by atoms with Crippen LogP contribution < -0.4 is 5.32 Å². The molecule has 0 fully saturated rings. The van der Waals surface area contributed by atoms with Gasteiger partial charge in [0.2, 0.25) is 0 Å². The van der Waals surface area contributed by atoms with Gasteiger partial charge in [-0.05, 0) is 54.5 Å². The summed E-state index contributed by atoms with van der Waals surface area (Å²) in [5, 5.41) is 3.61. The fourth-order valence-corrected chi connectivity index (χ4v) is 2.95. The average molecular weight is 299 g/mol. The number of likely N-dealkylation sites (N-methyl/N-ethyl adjacent to an activating group) is 1. The maximum Gasteiger partial charge on any atom is 0.0360 e. The zero-order valence-electron chi connectivity index (χ0n) is 13.2. The number of nitrogens with one attached hydrogen (secondary N) is 1. The molecule has 0 radical (unpaired) electrons. The van der Waals surface area contributed by atoms with Gasteiger partial charge < -0.3 is 5.32 Å². The summed E-state index contributed by atoms with van der Waals surface area (Å²) in [6.07, 6.45) is 4.26. The third-order valence-electron chi connectivity index (χ3n) is 3.84. The highest BCUT2D eigenvalue weighted by Crippen LogP contribution is 2.22. The van der Waals surface area contributed by atoms with Crippen molar-refractivity contribution in [2.45, 2.75) is 37.6 Å². The Kier molecular flexibility index (Phi) is 6.34. The molecule has 0 saturated carbocycles. The van der Waals surface area contributed by atoms with Gasteiger partial charge in [-0.1, -0.05) is 50.2 Å². The highest BCUT2D eigenvalue weighted by molar-refractivity contribution is 7.98. The van der Waals surface area contributed by atoms with Crippen LogP contribution in [0.25, 0.3) is 0 Å². The summed E-state index contributed by atoms with van der Waals surface area (Å²) in [5.41, 5.74) is 4.17. The molecule has 2 aromatic carbocycles. The first kappa shape index (κ1) is 16.1. The second-order valence-corrected chi connectivity index (χ2v) is 6.14. The molecule has 21 heavy (non-hydrogen) atoms. The van der Waals surface area contributed by atoms with Gasteiger partial charge in [0.25, 0.3) is 0 Å². The molecule has 0 aliphatic rings. The van der Waals surface area contributed by atoms with Crippen molar-refractivity contribution in [2.24, 2.45) is 0 Å². The normalized spacial score (nSPS) is 12.3. The smallest absolute Gasteiger partial charge is 0.0360 e. The second kappa shape index (κ2) is 8.26. The fourth-order valence-electron chi connectivity index (χ4n) is 2.54. The topological polar surface area (TPSA) is 12.0 Å². The molecule has 0 bridgehead atoms. The summed E-state index contributed by atoms with van der Waals surface area (Å²) in [4.78, 5) is 1.32. The monoisotopic (exact) mass is 299 g/mol. The summed E-state index contributed by atoms with van der Waals surface area (Å²) < 4.78 is 0. The van der Waals surface area contributed by atoms with E-state index in [9.17, 15) is 0 Å². The van der Waals surface area contributed by atoms with Crippen LogP contribution in [0.4, 0.5) is 0 Å². The lowest BCUT2D eigenvalue weighted by atomic mass is 9.98. The van der Waals surface area contributed by atoms with Crippen LogP contribution in [0, 0.1) is 0 Å². The fraction of sp³-hybridized carbons (Fsp3) is 0.368. The van der Waals surface area contributed by atoms with Crippen molar-refractivity contribution in [3.8, 4) is 0 Å². The first-order chi connectivity index (χ1) is 10.3. The predicted molar refractivity (Wildman–Crippen MR) is 94.2 cm³/mol. The Labute approximate surface area is 133 Å². The molecule has 1 nitrogen and oxygen atoms in total. The molecule has 0 spiro atoms. The third-order valence-corrected chi connectivity index (χ3v) is 4.58. The Morgan fingerprint density at radius 2 is 1.52 bits per heavy atom. The Balaban J connectivity index is 2.13. The Bertz CT molecular complexity index is 530. The minimum absolute atomic E-state index is 0.387. The Morgan fingerprint density at radius 1 is 0.905 bits per heavy atom. The van der Waals surface area contributed by atoms with Crippen molar-refractivity contribution < 1.29 is 0 Å². The van der Waals surface area contributed by atoms with Gasteiger partial charge in [0.05, 0.1) is 0 Å². The van der Waals surface area contributed by atoms with E-state index in [4.69, 9.17) is 0 Å². The largest absolute Gasteiger partial charge is 0.310 e. The second-order valence-electron chi connectivity index (χ2n) is 5.26. The van der Waals surface area contributed by atoms with Crippen molar-refractivity contribution >= 4 is 11.8 Å². The van der Waals surface area contributed by atoms with Gasteiger partial charge in [-0.25, -0.2) is 0 Å². The minimum atomic E-state index is 0.387. The number of hydrogen-bond donors (Lipinski definition) is 1. The highest BCUT2D eigenvalue weighted by Gasteiger charge is 2.11. The molecule has 0 aliphatic heterocycles. The molecule has 112 valence electrons. The summed E-state index contributed by atoms with van der Waals surface area (Å²) in [5.74, 6) is 0. The van der Waals surface area contributed by atoms with Crippen LogP contribution in [0.3, 0.4) is 0 Å². The molecule has 2 rings (SSSR count). The minimum Gasteiger partial charge on any atom is -0.310 e. The van der Waals surface area contributed by atoms with Crippen molar-refractivity contribution in [3.05, 3.63) is 65.2 Å². The molecule has 1 unspecified atom stereocenters. The lowest BCUT2D eigenvalue weighted by Crippen LogP contribution is -2.22. The van der Waals surface area contributed by atoms with Gasteiger partial charge in [0.1, 0.15) is 0 Å². The first-order valence-electron chi connectivity index (χ1n) is 7.72. The molecule has 1 atom stereocenters. The summed E-state index contributed by atoms with van der Waals surface area (Å²) >= 11 is 1.79. The molecule has 2 aromatic rings. The van der Waals surface area contributed by atoms with Crippen LogP contribution in [-0.2, 0) is 12.8 Å². The van der Waals surface area contributed by atoms with E-state index in [0.717, 1.165) is 19.4 Å². The average Bonchev–Trinajstić information content (AvgIpc) is 2.55. The van der Waals surface area contributed by atoms with Gasteiger partial charge in [0.15, 0.2) is 0 Å². The van der Waals surface area contributed by atoms with Crippen molar-refractivity contribution in [1.82, 2.24) is 5.32 Å².